The van der Waals surface area contributed by atoms with E-state index in [9.17, 15) is 4.79 Å². The topological polar surface area (TPSA) is 86.7 Å². The van der Waals surface area contributed by atoms with E-state index < -0.39 is 0 Å². The van der Waals surface area contributed by atoms with Gasteiger partial charge < -0.3 is 4.74 Å². The van der Waals surface area contributed by atoms with Gasteiger partial charge in [0.15, 0.2) is 0 Å². The van der Waals surface area contributed by atoms with E-state index >= 15 is 0 Å². The Morgan fingerprint density at radius 3 is 2.81 bits per heavy atom. The van der Waals surface area contributed by atoms with Crippen LogP contribution < -0.4 is 5.69 Å². The lowest BCUT2D eigenvalue weighted by Gasteiger charge is -2.16. The summed E-state index contributed by atoms with van der Waals surface area (Å²) >= 11 is 1.84. The highest BCUT2D eigenvalue weighted by Crippen LogP contribution is 2.30. The summed E-state index contributed by atoms with van der Waals surface area (Å²) in [7, 11) is 1.57. The molecule has 0 amide bonds. The summed E-state index contributed by atoms with van der Waals surface area (Å²) in [5, 5.41) is 16.7. The number of rotatable bonds is 5. The van der Waals surface area contributed by atoms with Crippen molar-refractivity contribution in [2.24, 2.45) is 17.3 Å². The molecular weight excluding hydrogens is 412 g/mol. The average molecular weight is 437 g/mol. The number of fused-ring (bicyclic) bond motifs is 1. The van der Waals surface area contributed by atoms with E-state index in [1.54, 1.807) is 7.05 Å². The van der Waals surface area contributed by atoms with Crippen LogP contribution in [0.15, 0.2) is 62.4 Å². The number of ether oxygens (including phenoxy) is 1. The monoisotopic (exact) mass is 436 g/mol. The van der Waals surface area contributed by atoms with Gasteiger partial charge in [0.25, 0.3) is 0 Å². The molecule has 0 radical (unpaired) electrons. The summed E-state index contributed by atoms with van der Waals surface area (Å²) in [4.78, 5) is 13.6. The molecule has 1 aliphatic heterocycles. The Labute approximate surface area is 184 Å². The second-order valence-electron chi connectivity index (χ2n) is 7.15. The number of aromatic nitrogens is 4. The van der Waals surface area contributed by atoms with Crippen LogP contribution in [0.4, 0.5) is 0 Å². The Balaban J connectivity index is 1.58. The van der Waals surface area contributed by atoms with Crippen LogP contribution in [0.3, 0.4) is 0 Å². The summed E-state index contributed by atoms with van der Waals surface area (Å²) in [6.45, 7) is 4.22. The van der Waals surface area contributed by atoms with E-state index in [1.165, 1.54) is 14.3 Å². The molecule has 0 atom stereocenters. The van der Waals surface area contributed by atoms with Crippen molar-refractivity contribution in [2.75, 3.05) is 5.75 Å². The first-order chi connectivity index (χ1) is 15.1. The summed E-state index contributed by atoms with van der Waals surface area (Å²) in [5.41, 5.74) is 4.32. The van der Waals surface area contributed by atoms with Gasteiger partial charge in [-0.1, -0.05) is 37.3 Å². The third kappa shape index (κ3) is 4.46. The minimum absolute atomic E-state index is 0.259. The number of benzene rings is 2. The lowest BCUT2D eigenvalue weighted by molar-refractivity contribution is 0.282. The third-order valence-corrected chi connectivity index (χ3v) is 6.17. The Bertz CT molecular complexity index is 1210. The van der Waals surface area contributed by atoms with Crippen molar-refractivity contribution in [1.82, 2.24) is 19.8 Å². The second kappa shape index (κ2) is 9.30. The minimum atomic E-state index is -0.309. The first kappa shape index (κ1) is 21.0. The van der Waals surface area contributed by atoms with Crippen LogP contribution in [0, 0.1) is 6.92 Å². The molecule has 0 fully saturated rings. The molecule has 0 bridgehead atoms. The van der Waals surface area contributed by atoms with Crippen molar-refractivity contribution < 1.29 is 4.74 Å². The maximum atomic E-state index is 12.3. The molecule has 31 heavy (non-hydrogen) atoms. The summed E-state index contributed by atoms with van der Waals surface area (Å²) < 4.78 is 8.49. The molecule has 160 valence electrons. The molecule has 4 rings (SSSR count). The van der Waals surface area contributed by atoms with Crippen LogP contribution in [0.5, 0.6) is 0 Å². The predicted octanol–water partition coefficient (Wildman–Crippen LogP) is 3.50. The van der Waals surface area contributed by atoms with Crippen LogP contribution in [0.25, 0.3) is 5.69 Å². The molecule has 0 aliphatic carbocycles. The fourth-order valence-electron chi connectivity index (χ4n) is 3.34. The SMILES string of the molecule is CC/C(=N\N=C1CCSc2ccccc21)OCc1c(C)cccc1-n1nnn(C)c1=O. The standard InChI is InChI=1S/C22H24N6O2S/c1-4-21(24-23-18-12-13-31-20-11-6-5-9-16(18)20)30-14-17-15(2)8-7-10-19(17)28-22(29)27(3)25-26-28/h5-11H,4,12-14H2,1-3H3/b23-18?,24-21+. The van der Waals surface area contributed by atoms with Gasteiger partial charge in [-0.3, -0.25) is 0 Å². The zero-order chi connectivity index (χ0) is 21.8. The Morgan fingerprint density at radius 2 is 2.03 bits per heavy atom. The zero-order valence-electron chi connectivity index (χ0n) is 17.8. The molecule has 1 aliphatic rings. The smallest absolute Gasteiger partial charge is 0.368 e. The molecule has 3 aromatic rings. The molecular formula is C22H24N6O2S. The van der Waals surface area contributed by atoms with Gasteiger partial charge in [-0.05, 0) is 35.0 Å². The van der Waals surface area contributed by atoms with Crippen molar-refractivity contribution in [3.63, 3.8) is 0 Å². The highest BCUT2D eigenvalue weighted by molar-refractivity contribution is 7.99. The quantitative estimate of drug-likeness (QED) is 0.347. The number of aryl methyl sites for hydroxylation is 2. The number of hydrogen-bond donors (Lipinski definition) is 0. The lowest BCUT2D eigenvalue weighted by atomic mass is 10.1. The highest BCUT2D eigenvalue weighted by Gasteiger charge is 2.16. The van der Waals surface area contributed by atoms with E-state index in [2.05, 4.69) is 32.8 Å². The Hall–Kier alpha value is -3.20. The van der Waals surface area contributed by atoms with Crippen molar-refractivity contribution in [2.45, 2.75) is 38.2 Å². The molecule has 9 heteroatoms. The van der Waals surface area contributed by atoms with E-state index in [1.807, 2.05) is 55.9 Å². The molecule has 0 saturated heterocycles. The Kier molecular flexibility index (Phi) is 6.31. The second-order valence-corrected chi connectivity index (χ2v) is 8.28. The third-order valence-electron chi connectivity index (χ3n) is 5.10. The van der Waals surface area contributed by atoms with Gasteiger partial charge in [0.1, 0.15) is 6.61 Å². The maximum Gasteiger partial charge on any atom is 0.368 e. The largest absolute Gasteiger partial charge is 0.475 e. The normalized spacial score (nSPS) is 15.2. The molecule has 2 aromatic carbocycles. The van der Waals surface area contributed by atoms with Gasteiger partial charge in [-0.2, -0.15) is 14.5 Å². The Morgan fingerprint density at radius 1 is 1.19 bits per heavy atom. The summed E-state index contributed by atoms with van der Waals surface area (Å²) in [6.07, 6.45) is 1.49. The van der Waals surface area contributed by atoms with Gasteiger partial charge in [-0.15, -0.1) is 16.9 Å². The van der Waals surface area contributed by atoms with Gasteiger partial charge in [0.2, 0.25) is 5.90 Å². The molecule has 0 N–H and O–H groups in total. The van der Waals surface area contributed by atoms with Crippen LogP contribution in [-0.4, -0.2) is 37.2 Å². The predicted molar refractivity (Wildman–Crippen MR) is 122 cm³/mol. The van der Waals surface area contributed by atoms with Gasteiger partial charge in [0.05, 0.1) is 11.4 Å². The number of tetrazole rings is 1. The molecule has 0 saturated carbocycles. The van der Waals surface area contributed by atoms with Gasteiger partial charge in [0, 0.05) is 41.7 Å². The van der Waals surface area contributed by atoms with E-state index in [0.717, 1.165) is 34.6 Å². The average Bonchev–Trinajstić information content (AvgIpc) is 3.12. The first-order valence-electron chi connectivity index (χ1n) is 10.1. The molecule has 2 heterocycles. The number of hydrogen-bond acceptors (Lipinski definition) is 7. The van der Waals surface area contributed by atoms with Crippen LogP contribution in [0.1, 0.15) is 36.5 Å². The molecule has 0 unspecified atom stereocenters. The molecule has 0 spiro atoms. The van der Waals surface area contributed by atoms with Crippen LogP contribution in [-0.2, 0) is 18.4 Å². The van der Waals surface area contributed by atoms with E-state index in [0.29, 0.717) is 18.0 Å². The van der Waals surface area contributed by atoms with Gasteiger partial charge in [-0.25, -0.2) is 4.79 Å². The van der Waals surface area contributed by atoms with Crippen molar-refractivity contribution >= 4 is 23.4 Å². The minimum Gasteiger partial charge on any atom is -0.475 e. The van der Waals surface area contributed by atoms with Crippen molar-refractivity contribution in [3.05, 3.63) is 69.6 Å². The molecule has 8 nitrogen and oxygen atoms in total. The molecule has 1 aromatic heterocycles. The van der Waals surface area contributed by atoms with E-state index in [-0.39, 0.29) is 12.3 Å². The number of thioether (sulfide) groups is 1. The van der Waals surface area contributed by atoms with Crippen molar-refractivity contribution in [3.8, 4) is 5.69 Å². The van der Waals surface area contributed by atoms with Gasteiger partial charge >= 0.3 is 5.69 Å². The van der Waals surface area contributed by atoms with Crippen LogP contribution >= 0.6 is 11.8 Å². The number of nitrogens with zero attached hydrogens (tertiary/aromatic N) is 6. The fraction of sp³-hybridized carbons (Fsp3) is 0.318. The lowest BCUT2D eigenvalue weighted by Crippen LogP contribution is -2.23. The maximum absolute atomic E-state index is 12.3. The fourth-order valence-corrected chi connectivity index (χ4v) is 4.37. The first-order valence-corrected chi connectivity index (χ1v) is 11.1. The van der Waals surface area contributed by atoms with E-state index in [4.69, 9.17) is 4.74 Å². The van der Waals surface area contributed by atoms with Crippen LogP contribution in [0.2, 0.25) is 0 Å². The van der Waals surface area contributed by atoms with Crippen molar-refractivity contribution in [1.29, 1.82) is 0 Å². The highest BCUT2D eigenvalue weighted by atomic mass is 32.2. The summed E-state index contributed by atoms with van der Waals surface area (Å²) in [5.74, 6) is 1.54. The summed E-state index contributed by atoms with van der Waals surface area (Å²) in [6, 6.07) is 14.0. The zero-order valence-corrected chi connectivity index (χ0v) is 18.6.